The van der Waals surface area contributed by atoms with Gasteiger partial charge < -0.3 is 29.8 Å². The fourth-order valence-corrected chi connectivity index (χ4v) is 8.45. The Morgan fingerprint density at radius 3 is 2.44 bits per heavy atom. The van der Waals surface area contributed by atoms with Crippen molar-refractivity contribution in [2.75, 3.05) is 13.1 Å². The third-order valence-electron chi connectivity index (χ3n) is 12.7. The lowest BCUT2D eigenvalue weighted by atomic mass is 9.86. The molecule has 16 nitrogen and oxygen atoms in total. The molecule has 0 radical (unpaired) electrons. The molecule has 0 unspecified atom stereocenters. The van der Waals surface area contributed by atoms with E-state index in [0.29, 0.717) is 36.2 Å². The van der Waals surface area contributed by atoms with Gasteiger partial charge in [0.2, 0.25) is 17.7 Å². The van der Waals surface area contributed by atoms with Gasteiger partial charge in [-0.1, -0.05) is 76.1 Å². The van der Waals surface area contributed by atoms with Crippen molar-refractivity contribution in [2.24, 2.45) is 17.1 Å². The van der Waals surface area contributed by atoms with Crippen molar-refractivity contribution in [3.05, 3.63) is 119 Å². The third-order valence-corrected chi connectivity index (χ3v) is 12.7. The highest BCUT2D eigenvalue weighted by Crippen LogP contribution is 2.34. The topological polar surface area (TPSA) is 205 Å². The number of amides is 3. The summed E-state index contributed by atoms with van der Waals surface area (Å²) < 4.78 is 46.8. The number of Topliss-reactive ketones (excluding diaryl/α,β-unsaturated/α-hetero) is 1. The first-order valence-corrected chi connectivity index (χ1v) is 23.0. The molecule has 3 aliphatic rings. The number of benzene rings is 2. The quantitative estimate of drug-likeness (QED) is 0.0720. The lowest BCUT2D eigenvalue weighted by Crippen LogP contribution is -2.54. The van der Waals surface area contributed by atoms with Crippen LogP contribution in [0, 0.1) is 11.3 Å². The van der Waals surface area contributed by atoms with Crippen LogP contribution in [0.1, 0.15) is 104 Å². The van der Waals surface area contributed by atoms with E-state index in [1.54, 1.807) is 36.5 Å². The molecule has 3 amide bonds. The highest BCUT2D eigenvalue weighted by molar-refractivity contribution is 5.96. The molecule has 2 saturated heterocycles. The SMILES string of the molecule is CC(C)(C)[C@H](N)C(=O)N1C[C@H](OC(=O)[C@@H]2CCCN2C(=O)OCc2ccccc2)C[C@H]1C(=O)NCc1ccc(-n2cc(CC(=O)c3coc(-c4ccnc(CCC5CC5)c4)n3)c(C(F)F)n2)cc1. The standard InChI is InChI=1S/C50H56F2N8O8/c1-50(2,3)43(53)47(63)59-27-37(68-48(64)39-10-7-21-58(39)49(65)67-28-32-8-5-4-6-9-32)24-40(59)45(62)55-25-31-14-17-36(18-15-31)60-26-34(42(57-60)44(51)52)23-41(61)38-29-66-46(56-38)33-19-20-54-35(22-33)16-13-30-11-12-30/h4-6,8-9,14-15,17-20,22,26,29-30,37,39-40,43-44H,7,10-13,16,21,23-25,27-28,53H2,1-3H3,(H,55,62)/t37-,39+,40+,43-/m1/s1. The summed E-state index contributed by atoms with van der Waals surface area (Å²) >= 11 is 0. The van der Waals surface area contributed by atoms with Gasteiger partial charge in [0.25, 0.3) is 6.43 Å². The Morgan fingerprint density at radius 1 is 0.956 bits per heavy atom. The van der Waals surface area contributed by atoms with Crippen molar-refractivity contribution in [3.8, 4) is 17.1 Å². The van der Waals surface area contributed by atoms with Gasteiger partial charge in [-0.15, -0.1) is 0 Å². The normalized spacial score (nSPS) is 18.7. The lowest BCUT2D eigenvalue weighted by Gasteiger charge is -2.32. The number of halogens is 2. The summed E-state index contributed by atoms with van der Waals surface area (Å²) in [5.74, 6) is -1.14. The highest BCUT2D eigenvalue weighted by Gasteiger charge is 2.46. The van der Waals surface area contributed by atoms with E-state index >= 15 is 0 Å². The molecular formula is C50H56F2N8O8. The van der Waals surface area contributed by atoms with E-state index in [2.05, 4.69) is 20.4 Å². The Labute approximate surface area is 392 Å². The predicted molar refractivity (Wildman–Crippen MR) is 243 cm³/mol. The molecule has 4 atom stereocenters. The number of nitrogens with one attached hydrogen (secondary N) is 1. The molecule has 8 rings (SSSR count). The maximum absolute atomic E-state index is 14.3. The van der Waals surface area contributed by atoms with Crippen LogP contribution in [0.25, 0.3) is 17.1 Å². The van der Waals surface area contributed by atoms with Crippen LogP contribution in [0.3, 0.4) is 0 Å². The Kier molecular flexibility index (Phi) is 14.4. The van der Waals surface area contributed by atoms with Gasteiger partial charge in [0.15, 0.2) is 5.78 Å². The Morgan fingerprint density at radius 2 is 1.72 bits per heavy atom. The van der Waals surface area contributed by atoms with Crippen LogP contribution in [-0.4, -0.2) is 96.5 Å². The fourth-order valence-electron chi connectivity index (χ4n) is 8.45. The van der Waals surface area contributed by atoms with Crippen LogP contribution >= 0.6 is 0 Å². The number of hydrogen-bond acceptors (Lipinski definition) is 12. The van der Waals surface area contributed by atoms with Crippen molar-refractivity contribution >= 4 is 29.7 Å². The number of likely N-dealkylation sites (tertiary alicyclic amines) is 2. The largest absolute Gasteiger partial charge is 0.459 e. The van der Waals surface area contributed by atoms with E-state index in [4.69, 9.17) is 19.6 Å². The number of carbonyl (C=O) groups excluding carboxylic acids is 5. The number of carbonyl (C=O) groups is 5. The van der Waals surface area contributed by atoms with Crippen molar-refractivity contribution in [1.29, 1.82) is 0 Å². The number of aryl methyl sites for hydroxylation is 1. The number of oxazole rings is 1. The Bertz CT molecular complexity index is 2610. The number of ether oxygens (including phenoxy) is 2. The second-order valence-corrected chi connectivity index (χ2v) is 18.9. The number of pyridine rings is 1. The van der Waals surface area contributed by atoms with Crippen LogP contribution in [0.5, 0.6) is 0 Å². The molecular weight excluding hydrogens is 879 g/mol. The summed E-state index contributed by atoms with van der Waals surface area (Å²) in [7, 11) is 0. The Balaban J connectivity index is 0.884. The third kappa shape index (κ3) is 11.5. The average Bonchev–Trinajstić information content (AvgIpc) is 3.74. The molecule has 3 fully saturated rings. The van der Waals surface area contributed by atoms with Gasteiger partial charge in [-0.2, -0.15) is 5.10 Å². The maximum Gasteiger partial charge on any atom is 0.410 e. The number of nitrogens with zero attached hydrogens (tertiary/aromatic N) is 6. The zero-order chi connectivity index (χ0) is 48.1. The number of alkyl halides is 2. The van der Waals surface area contributed by atoms with E-state index < -0.39 is 71.4 Å². The van der Waals surface area contributed by atoms with E-state index in [9.17, 15) is 32.8 Å². The predicted octanol–water partition coefficient (Wildman–Crippen LogP) is 6.93. The number of aromatic nitrogens is 4. The zero-order valence-corrected chi connectivity index (χ0v) is 38.3. The zero-order valence-electron chi connectivity index (χ0n) is 38.3. The molecule has 358 valence electrons. The molecule has 1 saturated carbocycles. The number of esters is 1. The molecule has 5 heterocycles. The molecule has 1 aliphatic carbocycles. The van der Waals surface area contributed by atoms with E-state index in [1.165, 1.54) is 39.8 Å². The summed E-state index contributed by atoms with van der Waals surface area (Å²) in [5, 5.41) is 6.98. The first kappa shape index (κ1) is 47.7. The number of rotatable bonds is 17. The maximum atomic E-state index is 14.3. The van der Waals surface area contributed by atoms with Crippen LogP contribution in [0.4, 0.5) is 13.6 Å². The minimum atomic E-state index is -2.96. The van der Waals surface area contributed by atoms with Gasteiger partial charge in [-0.3, -0.25) is 24.3 Å². The molecule has 68 heavy (non-hydrogen) atoms. The number of hydrogen-bond donors (Lipinski definition) is 2. The summed E-state index contributed by atoms with van der Waals surface area (Å²) in [5.41, 5.74) is 8.70. The van der Waals surface area contributed by atoms with Gasteiger partial charge in [0.05, 0.1) is 18.3 Å². The van der Waals surface area contributed by atoms with E-state index in [-0.39, 0.29) is 49.7 Å². The number of ketones is 1. The summed E-state index contributed by atoms with van der Waals surface area (Å²) in [4.78, 5) is 79.0. The van der Waals surface area contributed by atoms with Crippen molar-refractivity contribution in [1.82, 2.24) is 34.9 Å². The lowest BCUT2D eigenvalue weighted by molar-refractivity contribution is -0.154. The monoisotopic (exact) mass is 934 g/mol. The van der Waals surface area contributed by atoms with Gasteiger partial charge in [0.1, 0.15) is 42.4 Å². The van der Waals surface area contributed by atoms with Crippen molar-refractivity contribution in [3.63, 3.8) is 0 Å². The molecule has 18 heteroatoms. The minimum Gasteiger partial charge on any atom is -0.459 e. The van der Waals surface area contributed by atoms with Gasteiger partial charge in [-0.25, -0.2) is 28.0 Å². The molecule has 2 aromatic carbocycles. The van der Waals surface area contributed by atoms with Crippen LogP contribution in [0.2, 0.25) is 0 Å². The summed E-state index contributed by atoms with van der Waals surface area (Å²) in [6.07, 6.45) is 4.80. The number of nitrogens with two attached hydrogens (primary N) is 1. The molecule has 0 spiro atoms. The molecule has 2 aliphatic heterocycles. The van der Waals surface area contributed by atoms with Crippen LogP contribution in [-0.2, 0) is 49.9 Å². The summed E-state index contributed by atoms with van der Waals surface area (Å²) in [6.45, 7) is 5.77. The van der Waals surface area contributed by atoms with Gasteiger partial charge >= 0.3 is 12.1 Å². The first-order valence-electron chi connectivity index (χ1n) is 23.0. The molecule has 5 aromatic rings. The smallest absolute Gasteiger partial charge is 0.410 e. The van der Waals surface area contributed by atoms with Crippen molar-refractivity contribution in [2.45, 2.75) is 116 Å². The van der Waals surface area contributed by atoms with Gasteiger partial charge in [0, 0.05) is 55.1 Å². The minimum absolute atomic E-state index is 0.00347. The second kappa shape index (κ2) is 20.6. The van der Waals surface area contributed by atoms with Gasteiger partial charge in [-0.05, 0) is 72.4 Å². The molecule has 0 bridgehead atoms. The first-order chi connectivity index (χ1) is 32.6. The fraction of sp³-hybridized carbons (Fsp3) is 0.440. The average molecular weight is 935 g/mol. The van der Waals surface area contributed by atoms with Crippen molar-refractivity contribution < 1.29 is 46.6 Å². The van der Waals surface area contributed by atoms with E-state index in [0.717, 1.165) is 30.0 Å². The second-order valence-electron chi connectivity index (χ2n) is 18.9. The van der Waals surface area contributed by atoms with Crippen LogP contribution < -0.4 is 11.1 Å². The molecule has 3 aromatic heterocycles. The highest BCUT2D eigenvalue weighted by atomic mass is 19.3. The molecule has 3 N–H and O–H groups in total. The summed E-state index contributed by atoms with van der Waals surface area (Å²) in [6, 6.07) is 16.6. The Hall–Kier alpha value is -6.82. The van der Waals surface area contributed by atoms with E-state index in [1.807, 2.05) is 57.2 Å². The van der Waals surface area contributed by atoms with Crippen LogP contribution in [0.15, 0.2) is 89.8 Å².